The van der Waals surface area contributed by atoms with Gasteiger partial charge in [-0.25, -0.2) is 4.39 Å². The van der Waals surface area contributed by atoms with Gasteiger partial charge in [0.2, 0.25) is 0 Å². The Kier molecular flexibility index (Phi) is 10.4. The van der Waals surface area contributed by atoms with E-state index in [1.165, 1.54) is 53.8 Å². The van der Waals surface area contributed by atoms with Crippen LogP contribution in [0.5, 0.6) is 0 Å². The first-order valence-corrected chi connectivity index (χ1v) is 30.4. The summed E-state index contributed by atoms with van der Waals surface area (Å²) in [5.41, 5.74) is 9.38. The Morgan fingerprint density at radius 2 is 0.761 bits per heavy atom. The van der Waals surface area contributed by atoms with Crippen molar-refractivity contribution in [2.75, 3.05) is 9.80 Å². The lowest BCUT2D eigenvalue weighted by Gasteiger charge is -2.34. The molecule has 0 saturated heterocycles. The molecular weight excluding hydrogens is 848 g/mol. The molecule has 0 amide bonds. The van der Waals surface area contributed by atoms with Crippen LogP contribution in [0.4, 0.5) is 38.5 Å². The van der Waals surface area contributed by atoms with Crippen molar-refractivity contribution in [3.05, 3.63) is 218 Å². The molecule has 0 aliphatic heterocycles. The Labute approximate surface area is 395 Å². The normalized spacial score (nSPS) is 12.1. The number of nitrogens with zero attached hydrogens (tertiary/aromatic N) is 2. The van der Waals surface area contributed by atoms with Gasteiger partial charge in [-0.05, 0) is 104 Å². The lowest BCUT2D eigenvalue weighted by atomic mass is 9.87. The number of hydrogen-bond acceptors (Lipinski definition) is 2. The molecule has 0 bridgehead atoms. The molecular formula is C62H53FN2Si2. The smallest absolute Gasteiger partial charge is 0.148 e. The van der Waals surface area contributed by atoms with Gasteiger partial charge in [0.05, 0.1) is 33.2 Å². The molecule has 0 N–H and O–H groups in total. The molecule has 0 saturated carbocycles. The predicted molar refractivity (Wildman–Crippen MR) is 294 cm³/mol. The molecule has 0 aromatic heterocycles. The largest absolute Gasteiger partial charge is 0.310 e. The third-order valence-electron chi connectivity index (χ3n) is 13.4. The number of rotatable bonds is 10. The Bertz CT molecular complexity index is 3550. The summed E-state index contributed by atoms with van der Waals surface area (Å²) in [6.07, 6.45) is 0. The highest BCUT2D eigenvalue weighted by molar-refractivity contribution is 6.92. The average molecular weight is 901 g/mol. The summed E-state index contributed by atoms with van der Waals surface area (Å²) in [5.74, 6) is -0.278. The van der Waals surface area contributed by atoms with E-state index in [4.69, 9.17) is 0 Å². The lowest BCUT2D eigenvalue weighted by molar-refractivity contribution is 0.630. The van der Waals surface area contributed by atoms with Crippen molar-refractivity contribution in [2.45, 2.75) is 39.3 Å². The van der Waals surface area contributed by atoms with Crippen LogP contribution in [0.2, 0.25) is 39.3 Å². The zero-order valence-corrected chi connectivity index (χ0v) is 41.0. The second kappa shape index (κ2) is 16.5. The van der Waals surface area contributed by atoms with Crippen LogP contribution in [-0.2, 0) is 0 Å². The van der Waals surface area contributed by atoms with E-state index in [0.29, 0.717) is 5.69 Å². The third-order valence-corrected chi connectivity index (χ3v) is 17.5. The molecule has 0 heterocycles. The molecule has 0 fully saturated rings. The van der Waals surface area contributed by atoms with E-state index >= 15 is 4.39 Å². The molecule has 67 heavy (non-hydrogen) atoms. The van der Waals surface area contributed by atoms with E-state index in [9.17, 15) is 0 Å². The maximum Gasteiger partial charge on any atom is 0.148 e. The van der Waals surface area contributed by atoms with Crippen molar-refractivity contribution in [1.82, 2.24) is 0 Å². The fraction of sp³-hybridized carbons (Fsp3) is 0.0968. The summed E-state index contributed by atoms with van der Waals surface area (Å²) in [7, 11) is -4.21. The fourth-order valence-corrected chi connectivity index (χ4v) is 13.6. The van der Waals surface area contributed by atoms with Gasteiger partial charge in [-0.1, -0.05) is 196 Å². The van der Waals surface area contributed by atoms with E-state index in [1.807, 2.05) is 42.5 Å². The number of benzene rings is 11. The fourth-order valence-electron chi connectivity index (χ4n) is 10.4. The molecule has 0 atom stereocenters. The zero-order chi connectivity index (χ0) is 46.0. The van der Waals surface area contributed by atoms with Gasteiger partial charge in [0, 0.05) is 44.2 Å². The molecule has 0 aliphatic rings. The number of halogens is 1. The summed E-state index contributed by atoms with van der Waals surface area (Å²) in [6, 6.07) is 75.2. The topological polar surface area (TPSA) is 6.48 Å². The van der Waals surface area contributed by atoms with Gasteiger partial charge >= 0.3 is 0 Å². The van der Waals surface area contributed by atoms with Crippen molar-refractivity contribution in [3.63, 3.8) is 0 Å². The maximum absolute atomic E-state index is 18.1. The second-order valence-electron chi connectivity index (χ2n) is 19.9. The first-order valence-electron chi connectivity index (χ1n) is 23.4. The average Bonchev–Trinajstić information content (AvgIpc) is 3.35. The highest BCUT2D eigenvalue weighted by atomic mass is 28.3. The molecule has 0 radical (unpaired) electrons. The molecule has 2 nitrogen and oxygen atoms in total. The molecule has 5 heteroatoms. The third kappa shape index (κ3) is 7.30. The number of hydrogen-bond donors (Lipinski definition) is 0. The van der Waals surface area contributed by atoms with E-state index in [1.54, 1.807) is 6.07 Å². The Hall–Kier alpha value is -7.32. The van der Waals surface area contributed by atoms with Crippen LogP contribution in [0.1, 0.15) is 0 Å². The first kappa shape index (κ1) is 42.3. The SMILES string of the molecule is C[Si](C)(C)c1cc(N(c2ccccc2)c2ccccc2)c2c3ccccc3c3c([Si](C)(C)C)cc(N(c4ccccc4)c4c(F)cc(-c5ccccc5)cc4-c4ccccc4)c4ccc1c2c43. The highest BCUT2D eigenvalue weighted by Gasteiger charge is 2.33. The van der Waals surface area contributed by atoms with Crippen molar-refractivity contribution >= 4 is 104 Å². The van der Waals surface area contributed by atoms with Gasteiger partial charge in [-0.3, -0.25) is 0 Å². The molecule has 11 aromatic carbocycles. The maximum atomic E-state index is 18.1. The van der Waals surface area contributed by atoms with Gasteiger partial charge in [-0.15, -0.1) is 0 Å². The monoisotopic (exact) mass is 900 g/mol. The predicted octanol–water partition coefficient (Wildman–Crippen LogP) is 17.2. The van der Waals surface area contributed by atoms with Crippen LogP contribution in [0.25, 0.3) is 65.3 Å². The molecule has 0 unspecified atom stereocenters. The van der Waals surface area contributed by atoms with Crippen LogP contribution in [0.3, 0.4) is 0 Å². The minimum Gasteiger partial charge on any atom is -0.310 e. The second-order valence-corrected chi connectivity index (χ2v) is 29.9. The number of fused-ring (bicyclic) bond motifs is 3. The summed E-state index contributed by atoms with van der Waals surface area (Å²) in [6.45, 7) is 14.8. The molecule has 11 aromatic rings. The minimum atomic E-state index is -2.18. The Morgan fingerprint density at radius 3 is 1.30 bits per heavy atom. The van der Waals surface area contributed by atoms with E-state index in [2.05, 4.69) is 213 Å². The lowest BCUT2D eigenvalue weighted by Crippen LogP contribution is -2.39. The van der Waals surface area contributed by atoms with Gasteiger partial charge < -0.3 is 9.80 Å². The Balaban J connectivity index is 1.35. The van der Waals surface area contributed by atoms with Gasteiger partial charge in [0.1, 0.15) is 5.82 Å². The summed E-state index contributed by atoms with van der Waals surface area (Å²) in [5, 5.41) is 12.7. The van der Waals surface area contributed by atoms with Crippen molar-refractivity contribution < 1.29 is 4.39 Å². The first-order chi connectivity index (χ1) is 32.5. The van der Waals surface area contributed by atoms with Gasteiger partial charge in [0.15, 0.2) is 0 Å². The van der Waals surface area contributed by atoms with Crippen LogP contribution in [-0.4, -0.2) is 16.1 Å². The molecule has 0 spiro atoms. The van der Waals surface area contributed by atoms with Gasteiger partial charge in [0.25, 0.3) is 0 Å². The molecule has 0 aliphatic carbocycles. The standard InChI is InChI=1S/C62H53FN2Si2/c1-66(2,3)56-41-55(64(45-28-16-9-17-29-45)46-30-18-10-19-31-46)58-48-34-22-23-35-49(48)59-57(67(4,5)6)40-54(50-36-37-51(56)61(58)60(50)59)65(47-32-20-11-21-33-47)62-52(43-26-14-8-15-27-43)38-44(39-53(62)63)42-24-12-7-13-25-42/h7-41H,1-6H3. The summed E-state index contributed by atoms with van der Waals surface area (Å²) < 4.78 is 18.1. The molecule has 11 rings (SSSR count). The van der Waals surface area contributed by atoms with Crippen molar-refractivity contribution in [3.8, 4) is 22.3 Å². The van der Waals surface area contributed by atoms with Crippen molar-refractivity contribution in [2.24, 2.45) is 0 Å². The quantitative estimate of drug-likeness (QED) is 0.0767. The van der Waals surface area contributed by atoms with E-state index in [0.717, 1.165) is 50.4 Å². The van der Waals surface area contributed by atoms with E-state index in [-0.39, 0.29) is 5.82 Å². The molecule has 326 valence electrons. The number of para-hydroxylation sites is 3. The minimum absolute atomic E-state index is 0.278. The highest BCUT2D eigenvalue weighted by Crippen LogP contribution is 2.52. The van der Waals surface area contributed by atoms with Crippen LogP contribution >= 0.6 is 0 Å². The van der Waals surface area contributed by atoms with Crippen LogP contribution in [0, 0.1) is 5.82 Å². The number of anilines is 6. The van der Waals surface area contributed by atoms with Crippen LogP contribution < -0.4 is 20.2 Å². The Morgan fingerprint density at radius 1 is 0.328 bits per heavy atom. The van der Waals surface area contributed by atoms with Gasteiger partial charge in [-0.2, -0.15) is 0 Å². The zero-order valence-electron chi connectivity index (χ0n) is 39.0. The van der Waals surface area contributed by atoms with Crippen LogP contribution in [0.15, 0.2) is 212 Å². The summed E-state index contributed by atoms with van der Waals surface area (Å²) in [4.78, 5) is 4.69. The summed E-state index contributed by atoms with van der Waals surface area (Å²) >= 11 is 0. The van der Waals surface area contributed by atoms with Crippen molar-refractivity contribution in [1.29, 1.82) is 0 Å². The van der Waals surface area contributed by atoms with E-state index < -0.39 is 16.1 Å².